The summed E-state index contributed by atoms with van der Waals surface area (Å²) in [7, 11) is 1.44. The summed E-state index contributed by atoms with van der Waals surface area (Å²) in [5.74, 6) is -0.0786. The van der Waals surface area contributed by atoms with Crippen LogP contribution in [-0.2, 0) is 14.3 Å². The van der Waals surface area contributed by atoms with Gasteiger partial charge in [-0.2, -0.15) is 0 Å². The van der Waals surface area contributed by atoms with Crippen molar-refractivity contribution in [2.75, 3.05) is 13.7 Å². The van der Waals surface area contributed by atoms with Gasteiger partial charge in [0.2, 0.25) is 0 Å². The van der Waals surface area contributed by atoms with Crippen molar-refractivity contribution in [1.82, 2.24) is 0 Å². The molecule has 0 unspecified atom stereocenters. The fourth-order valence-corrected chi connectivity index (χ4v) is 1.60. The number of carbonyl (C=O) groups excluding carboxylic acids is 1. The first-order chi connectivity index (χ1) is 5.55. The van der Waals surface area contributed by atoms with Crippen LogP contribution in [0.4, 0.5) is 0 Å². The lowest BCUT2D eigenvalue weighted by molar-refractivity contribution is -0.155. The molecule has 0 spiro atoms. The second-order valence-electron chi connectivity index (χ2n) is 3.82. The van der Waals surface area contributed by atoms with Gasteiger partial charge in [-0.15, -0.1) is 0 Å². The van der Waals surface area contributed by atoms with Crippen LogP contribution in [0.25, 0.3) is 0 Å². The van der Waals surface area contributed by atoms with Gasteiger partial charge in [-0.05, 0) is 26.7 Å². The van der Waals surface area contributed by atoms with E-state index in [4.69, 9.17) is 4.74 Å². The zero-order chi connectivity index (χ0) is 9.19. The first-order valence-corrected chi connectivity index (χ1v) is 4.27. The molecule has 1 rings (SSSR count). The number of ether oxygens (including phenoxy) is 2. The zero-order valence-corrected chi connectivity index (χ0v) is 7.92. The van der Waals surface area contributed by atoms with Crippen LogP contribution in [0.15, 0.2) is 0 Å². The van der Waals surface area contributed by atoms with E-state index in [1.54, 1.807) is 0 Å². The summed E-state index contributed by atoms with van der Waals surface area (Å²) in [5, 5.41) is 0. The number of hydrogen-bond donors (Lipinski definition) is 0. The quantitative estimate of drug-likeness (QED) is 0.560. The van der Waals surface area contributed by atoms with Gasteiger partial charge in [0.15, 0.2) is 0 Å². The SMILES string of the molecule is COC(=O)[C@H]1CCOC(C)(C)C1. The summed E-state index contributed by atoms with van der Waals surface area (Å²) in [6, 6.07) is 0. The molecule has 0 aromatic carbocycles. The molecule has 1 heterocycles. The van der Waals surface area contributed by atoms with E-state index in [9.17, 15) is 4.79 Å². The third-order valence-electron chi connectivity index (χ3n) is 2.23. The van der Waals surface area contributed by atoms with E-state index in [-0.39, 0.29) is 17.5 Å². The van der Waals surface area contributed by atoms with Gasteiger partial charge in [0.05, 0.1) is 18.6 Å². The molecule has 0 bridgehead atoms. The van der Waals surface area contributed by atoms with Crippen LogP contribution in [-0.4, -0.2) is 25.3 Å². The summed E-state index contributed by atoms with van der Waals surface area (Å²) in [4.78, 5) is 11.2. The van der Waals surface area contributed by atoms with Gasteiger partial charge < -0.3 is 9.47 Å². The van der Waals surface area contributed by atoms with E-state index in [0.717, 1.165) is 12.8 Å². The van der Waals surface area contributed by atoms with Gasteiger partial charge in [0.25, 0.3) is 0 Å². The maximum Gasteiger partial charge on any atom is 0.308 e. The highest BCUT2D eigenvalue weighted by atomic mass is 16.5. The Hall–Kier alpha value is -0.570. The minimum Gasteiger partial charge on any atom is -0.469 e. The molecule has 3 nitrogen and oxygen atoms in total. The lowest BCUT2D eigenvalue weighted by atomic mass is 9.88. The van der Waals surface area contributed by atoms with Crippen molar-refractivity contribution in [2.45, 2.75) is 32.3 Å². The first kappa shape index (κ1) is 9.52. The molecule has 0 amide bonds. The molecule has 0 aliphatic carbocycles. The third-order valence-corrected chi connectivity index (χ3v) is 2.23. The second kappa shape index (κ2) is 3.44. The predicted molar refractivity (Wildman–Crippen MR) is 44.8 cm³/mol. The highest BCUT2D eigenvalue weighted by Gasteiger charge is 2.33. The van der Waals surface area contributed by atoms with E-state index in [1.807, 2.05) is 13.8 Å². The fourth-order valence-electron chi connectivity index (χ4n) is 1.60. The second-order valence-corrected chi connectivity index (χ2v) is 3.82. The summed E-state index contributed by atoms with van der Waals surface area (Å²) < 4.78 is 10.2. The maximum absolute atomic E-state index is 11.2. The largest absolute Gasteiger partial charge is 0.469 e. The van der Waals surface area contributed by atoms with E-state index in [0.29, 0.717) is 6.61 Å². The molecule has 1 aliphatic heterocycles. The Kier molecular flexibility index (Phi) is 2.73. The van der Waals surface area contributed by atoms with Crippen molar-refractivity contribution in [3.05, 3.63) is 0 Å². The molecule has 0 N–H and O–H groups in total. The molecule has 1 atom stereocenters. The summed E-state index contributed by atoms with van der Waals surface area (Å²) in [6.07, 6.45) is 1.55. The van der Waals surface area contributed by atoms with Gasteiger partial charge in [-0.1, -0.05) is 0 Å². The van der Waals surface area contributed by atoms with Crippen molar-refractivity contribution in [3.8, 4) is 0 Å². The minimum absolute atomic E-state index is 0.0266. The van der Waals surface area contributed by atoms with Gasteiger partial charge in [-0.25, -0.2) is 0 Å². The smallest absolute Gasteiger partial charge is 0.308 e. The number of carbonyl (C=O) groups is 1. The molecule has 3 heteroatoms. The molecule has 0 aromatic rings. The average Bonchev–Trinajstić information content (AvgIpc) is 2.01. The molecule has 1 aliphatic rings. The Morgan fingerprint density at radius 1 is 1.58 bits per heavy atom. The summed E-state index contributed by atoms with van der Waals surface area (Å²) >= 11 is 0. The molecule has 70 valence electrons. The van der Waals surface area contributed by atoms with E-state index < -0.39 is 0 Å². The molecule has 1 saturated heterocycles. The lowest BCUT2D eigenvalue weighted by Crippen LogP contribution is -2.37. The van der Waals surface area contributed by atoms with Crippen LogP contribution in [0.3, 0.4) is 0 Å². The average molecular weight is 172 g/mol. The van der Waals surface area contributed by atoms with E-state index in [2.05, 4.69) is 4.74 Å². The number of methoxy groups -OCH3 is 1. The fraction of sp³-hybridized carbons (Fsp3) is 0.889. The topological polar surface area (TPSA) is 35.5 Å². The van der Waals surface area contributed by atoms with Crippen molar-refractivity contribution >= 4 is 5.97 Å². The maximum atomic E-state index is 11.2. The van der Waals surface area contributed by atoms with Crippen molar-refractivity contribution < 1.29 is 14.3 Å². The van der Waals surface area contributed by atoms with E-state index >= 15 is 0 Å². The van der Waals surface area contributed by atoms with Gasteiger partial charge in [0.1, 0.15) is 0 Å². The number of esters is 1. The molecule has 1 fully saturated rings. The predicted octanol–water partition coefficient (Wildman–Crippen LogP) is 1.36. The van der Waals surface area contributed by atoms with Crippen LogP contribution < -0.4 is 0 Å². The normalized spacial score (nSPS) is 28.1. The van der Waals surface area contributed by atoms with Crippen LogP contribution >= 0.6 is 0 Å². The Balaban J connectivity index is 2.52. The van der Waals surface area contributed by atoms with Crippen LogP contribution in [0.5, 0.6) is 0 Å². The van der Waals surface area contributed by atoms with Crippen LogP contribution in [0.2, 0.25) is 0 Å². The Morgan fingerprint density at radius 3 is 2.75 bits per heavy atom. The van der Waals surface area contributed by atoms with Crippen molar-refractivity contribution in [1.29, 1.82) is 0 Å². The molecular weight excluding hydrogens is 156 g/mol. The van der Waals surface area contributed by atoms with Gasteiger partial charge in [-0.3, -0.25) is 4.79 Å². The lowest BCUT2D eigenvalue weighted by Gasteiger charge is -2.33. The molecule has 0 radical (unpaired) electrons. The molecular formula is C9H16O3. The molecule has 0 aromatic heterocycles. The van der Waals surface area contributed by atoms with Gasteiger partial charge >= 0.3 is 5.97 Å². The Labute approximate surface area is 73.0 Å². The Bertz CT molecular complexity index is 175. The van der Waals surface area contributed by atoms with Crippen molar-refractivity contribution in [3.63, 3.8) is 0 Å². The zero-order valence-electron chi connectivity index (χ0n) is 7.92. The van der Waals surface area contributed by atoms with Crippen molar-refractivity contribution in [2.24, 2.45) is 5.92 Å². The highest BCUT2D eigenvalue weighted by Crippen LogP contribution is 2.28. The molecule has 0 saturated carbocycles. The first-order valence-electron chi connectivity index (χ1n) is 4.27. The highest BCUT2D eigenvalue weighted by molar-refractivity contribution is 5.72. The summed E-state index contributed by atoms with van der Waals surface area (Å²) in [5.41, 5.74) is -0.170. The van der Waals surface area contributed by atoms with Crippen LogP contribution in [0.1, 0.15) is 26.7 Å². The molecule has 12 heavy (non-hydrogen) atoms. The van der Waals surface area contributed by atoms with Crippen LogP contribution in [0, 0.1) is 5.92 Å². The monoisotopic (exact) mass is 172 g/mol. The standard InChI is InChI=1S/C9H16O3/c1-9(2)6-7(4-5-12-9)8(10)11-3/h7H,4-6H2,1-3H3/t7-/m0/s1. The van der Waals surface area contributed by atoms with Gasteiger partial charge in [0, 0.05) is 6.61 Å². The Morgan fingerprint density at radius 2 is 2.25 bits per heavy atom. The number of hydrogen-bond acceptors (Lipinski definition) is 3. The minimum atomic E-state index is -0.170. The summed E-state index contributed by atoms with van der Waals surface area (Å²) in [6.45, 7) is 4.66. The number of rotatable bonds is 1. The van der Waals surface area contributed by atoms with E-state index in [1.165, 1.54) is 7.11 Å². The third kappa shape index (κ3) is 2.21.